The van der Waals surface area contributed by atoms with Crippen molar-refractivity contribution in [1.82, 2.24) is 14.8 Å². The summed E-state index contributed by atoms with van der Waals surface area (Å²) in [6.07, 6.45) is 0.194. The molecule has 30 heavy (non-hydrogen) atoms. The smallest absolute Gasteiger partial charge is 0.280 e. The number of anilines is 1. The maximum atomic E-state index is 13.4. The molecule has 0 aliphatic rings. The molecule has 0 saturated carbocycles. The van der Waals surface area contributed by atoms with E-state index >= 15 is 0 Å². The standard InChI is InChI=1S/C19H15F2N5O3S/c1-2-26-6-5-10(25-26)18(28)24-14-13-9(12-4-3-7-29-12)8-11(16(20)21)23-19(13)30-15(14)17(22)27/h3-8,16H,2H2,1H3,(H2,22,27)(H,24,28). The topological polar surface area (TPSA) is 116 Å². The number of fused-ring (bicyclic) bond motifs is 1. The molecule has 0 aromatic carbocycles. The maximum absolute atomic E-state index is 13.4. The lowest BCUT2D eigenvalue weighted by molar-refractivity contribution is 0.100. The molecule has 0 unspecified atom stereocenters. The number of primary amides is 1. The van der Waals surface area contributed by atoms with E-state index in [2.05, 4.69) is 15.4 Å². The van der Waals surface area contributed by atoms with Crippen LogP contribution in [0.5, 0.6) is 0 Å². The van der Waals surface area contributed by atoms with Gasteiger partial charge in [-0.3, -0.25) is 14.3 Å². The van der Waals surface area contributed by atoms with Gasteiger partial charge in [0.25, 0.3) is 18.2 Å². The number of pyridine rings is 1. The van der Waals surface area contributed by atoms with Crippen molar-refractivity contribution < 1.29 is 22.8 Å². The molecular formula is C19H15F2N5O3S. The largest absolute Gasteiger partial charge is 0.464 e. The van der Waals surface area contributed by atoms with E-state index in [0.29, 0.717) is 6.54 Å². The third-order valence-electron chi connectivity index (χ3n) is 4.35. The zero-order valence-electron chi connectivity index (χ0n) is 15.6. The number of aryl methyl sites for hydroxylation is 1. The van der Waals surface area contributed by atoms with Crippen molar-refractivity contribution >= 4 is 39.1 Å². The van der Waals surface area contributed by atoms with Gasteiger partial charge in [-0.1, -0.05) is 0 Å². The van der Waals surface area contributed by atoms with Gasteiger partial charge in [0.15, 0.2) is 5.69 Å². The van der Waals surface area contributed by atoms with Crippen LogP contribution in [0.15, 0.2) is 41.1 Å². The van der Waals surface area contributed by atoms with Crippen LogP contribution in [-0.4, -0.2) is 26.6 Å². The fourth-order valence-corrected chi connectivity index (χ4v) is 4.00. The van der Waals surface area contributed by atoms with Gasteiger partial charge in [0.05, 0.1) is 12.0 Å². The van der Waals surface area contributed by atoms with Gasteiger partial charge in [0.2, 0.25) is 0 Å². The van der Waals surface area contributed by atoms with Gasteiger partial charge in [0.1, 0.15) is 21.2 Å². The molecule has 4 rings (SSSR count). The number of furan rings is 1. The fourth-order valence-electron chi connectivity index (χ4n) is 2.98. The third-order valence-corrected chi connectivity index (χ3v) is 5.45. The van der Waals surface area contributed by atoms with E-state index in [1.165, 1.54) is 18.4 Å². The third kappa shape index (κ3) is 3.43. The average molecular weight is 431 g/mol. The summed E-state index contributed by atoms with van der Waals surface area (Å²) in [5, 5.41) is 7.07. The van der Waals surface area contributed by atoms with Crippen LogP contribution in [0.3, 0.4) is 0 Å². The highest BCUT2D eigenvalue weighted by atomic mass is 32.1. The second-order valence-corrected chi connectivity index (χ2v) is 7.23. The number of nitrogens with two attached hydrogens (primary N) is 1. The first-order valence-electron chi connectivity index (χ1n) is 8.83. The number of halogens is 2. The SMILES string of the molecule is CCn1ccc(C(=O)Nc2c(C(N)=O)sc3nc(C(F)F)cc(-c4ccco4)c23)n1. The van der Waals surface area contributed by atoms with E-state index in [0.717, 1.165) is 11.3 Å². The molecule has 4 aromatic heterocycles. The van der Waals surface area contributed by atoms with Crippen molar-refractivity contribution in [2.24, 2.45) is 5.73 Å². The molecule has 0 aliphatic heterocycles. The summed E-state index contributed by atoms with van der Waals surface area (Å²) in [4.78, 5) is 28.8. The molecule has 4 aromatic rings. The minimum Gasteiger partial charge on any atom is -0.464 e. The second-order valence-electron chi connectivity index (χ2n) is 6.23. The number of thiophene rings is 1. The summed E-state index contributed by atoms with van der Waals surface area (Å²) in [7, 11) is 0. The summed E-state index contributed by atoms with van der Waals surface area (Å²) < 4.78 is 33.7. The first-order chi connectivity index (χ1) is 14.4. The average Bonchev–Trinajstić information content (AvgIpc) is 3.46. The van der Waals surface area contributed by atoms with E-state index in [4.69, 9.17) is 10.2 Å². The normalized spacial score (nSPS) is 11.3. The summed E-state index contributed by atoms with van der Waals surface area (Å²) in [5.41, 5.74) is 5.48. The molecule has 0 fully saturated rings. The van der Waals surface area contributed by atoms with Crippen molar-refractivity contribution in [3.05, 3.63) is 53.0 Å². The molecule has 4 heterocycles. The van der Waals surface area contributed by atoms with Crippen LogP contribution in [0.4, 0.5) is 14.5 Å². The van der Waals surface area contributed by atoms with Gasteiger partial charge in [0, 0.05) is 23.7 Å². The molecule has 3 N–H and O–H groups in total. The Morgan fingerprint density at radius 3 is 2.77 bits per heavy atom. The van der Waals surface area contributed by atoms with E-state index in [9.17, 15) is 18.4 Å². The molecule has 0 spiro atoms. The number of carbonyl (C=O) groups is 2. The number of amides is 2. The van der Waals surface area contributed by atoms with Crippen molar-refractivity contribution in [3.8, 4) is 11.3 Å². The highest BCUT2D eigenvalue weighted by Gasteiger charge is 2.26. The van der Waals surface area contributed by atoms with Crippen LogP contribution in [0.25, 0.3) is 21.5 Å². The monoisotopic (exact) mass is 431 g/mol. The Kier molecular flexibility index (Phi) is 5.04. The number of alkyl halides is 2. The van der Waals surface area contributed by atoms with Gasteiger partial charge in [-0.2, -0.15) is 5.10 Å². The maximum Gasteiger partial charge on any atom is 0.280 e. The lowest BCUT2D eigenvalue weighted by atomic mass is 10.1. The second kappa shape index (κ2) is 7.67. The highest BCUT2D eigenvalue weighted by Crippen LogP contribution is 2.42. The molecule has 0 atom stereocenters. The first kappa shape index (κ1) is 19.7. The summed E-state index contributed by atoms with van der Waals surface area (Å²) in [6.45, 7) is 2.44. The summed E-state index contributed by atoms with van der Waals surface area (Å²) in [5.74, 6) is -1.12. The molecule has 154 valence electrons. The lowest BCUT2D eigenvalue weighted by Crippen LogP contribution is -2.17. The molecular weight excluding hydrogens is 416 g/mol. The molecule has 0 aliphatic carbocycles. The Bertz CT molecular complexity index is 1250. The Morgan fingerprint density at radius 1 is 1.37 bits per heavy atom. The number of aromatic nitrogens is 3. The highest BCUT2D eigenvalue weighted by molar-refractivity contribution is 7.21. The van der Waals surface area contributed by atoms with Crippen molar-refractivity contribution in [2.75, 3.05) is 5.32 Å². The Balaban J connectivity index is 1.92. The quantitative estimate of drug-likeness (QED) is 0.478. The van der Waals surface area contributed by atoms with Crippen molar-refractivity contribution in [1.29, 1.82) is 0 Å². The number of carbonyl (C=O) groups excluding carboxylic acids is 2. The van der Waals surface area contributed by atoms with Crippen LogP contribution in [0, 0.1) is 0 Å². The van der Waals surface area contributed by atoms with Crippen molar-refractivity contribution in [3.63, 3.8) is 0 Å². The van der Waals surface area contributed by atoms with Gasteiger partial charge >= 0.3 is 0 Å². The summed E-state index contributed by atoms with van der Waals surface area (Å²) in [6, 6.07) is 5.88. The minimum absolute atomic E-state index is 0.0139. The molecule has 0 bridgehead atoms. The lowest BCUT2D eigenvalue weighted by Gasteiger charge is -2.08. The van der Waals surface area contributed by atoms with Gasteiger partial charge < -0.3 is 15.5 Å². The number of hydrogen-bond donors (Lipinski definition) is 2. The van der Waals surface area contributed by atoms with Gasteiger partial charge in [-0.05, 0) is 31.2 Å². The Labute approximate surface area is 172 Å². The number of hydrogen-bond acceptors (Lipinski definition) is 6. The zero-order chi connectivity index (χ0) is 21.4. The van der Waals surface area contributed by atoms with E-state index < -0.39 is 23.9 Å². The number of rotatable bonds is 6. The van der Waals surface area contributed by atoms with E-state index in [1.807, 2.05) is 6.92 Å². The predicted octanol–water partition coefficient (Wildman–Crippen LogP) is 4.06. The van der Waals surface area contributed by atoms with Crippen LogP contribution in [-0.2, 0) is 6.54 Å². The number of nitrogens with zero attached hydrogens (tertiary/aromatic N) is 3. The summed E-state index contributed by atoms with van der Waals surface area (Å²) >= 11 is 0.821. The molecule has 0 saturated heterocycles. The fraction of sp³-hybridized carbons (Fsp3) is 0.158. The predicted molar refractivity (Wildman–Crippen MR) is 107 cm³/mol. The van der Waals surface area contributed by atoms with Crippen LogP contribution >= 0.6 is 11.3 Å². The van der Waals surface area contributed by atoms with E-state index in [1.54, 1.807) is 23.0 Å². The molecule has 11 heteroatoms. The minimum atomic E-state index is -2.83. The van der Waals surface area contributed by atoms with Gasteiger partial charge in [-0.25, -0.2) is 13.8 Å². The number of nitrogens with one attached hydrogen (secondary N) is 1. The van der Waals surface area contributed by atoms with Gasteiger partial charge in [-0.15, -0.1) is 11.3 Å². The van der Waals surface area contributed by atoms with Crippen molar-refractivity contribution in [2.45, 2.75) is 19.9 Å². The molecule has 8 nitrogen and oxygen atoms in total. The van der Waals surface area contributed by atoms with Crippen LogP contribution < -0.4 is 11.1 Å². The Morgan fingerprint density at radius 2 is 2.17 bits per heavy atom. The molecule has 2 amide bonds. The van der Waals surface area contributed by atoms with E-state index in [-0.39, 0.29) is 37.8 Å². The molecule has 0 radical (unpaired) electrons. The van der Waals surface area contributed by atoms with Crippen LogP contribution in [0.1, 0.15) is 39.2 Å². The zero-order valence-corrected chi connectivity index (χ0v) is 16.4. The van der Waals surface area contributed by atoms with Crippen LogP contribution in [0.2, 0.25) is 0 Å². The first-order valence-corrected chi connectivity index (χ1v) is 9.64. The Hall–Kier alpha value is -3.60.